The van der Waals surface area contributed by atoms with E-state index in [0.29, 0.717) is 0 Å². The van der Waals surface area contributed by atoms with Crippen LogP contribution in [0.3, 0.4) is 0 Å². The van der Waals surface area contributed by atoms with Gasteiger partial charge in [-0.25, -0.2) is 0 Å². The Kier molecular flexibility index (Phi) is 8.65. The Morgan fingerprint density at radius 2 is 1.79 bits per heavy atom. The molecule has 0 spiro atoms. The molecule has 0 saturated heterocycles. The highest BCUT2D eigenvalue weighted by Gasteiger charge is 2.12. The van der Waals surface area contributed by atoms with E-state index >= 15 is 0 Å². The zero-order valence-corrected chi connectivity index (χ0v) is 16.2. The van der Waals surface area contributed by atoms with Crippen LogP contribution in [-0.4, -0.2) is 40.2 Å². The highest BCUT2D eigenvalue weighted by atomic mass is 35.5. The normalized spacial score (nSPS) is 13.2. The lowest BCUT2D eigenvalue weighted by Gasteiger charge is -2.11. The smallest absolute Gasteiger partial charge is 0.303 e. The van der Waals surface area contributed by atoms with Crippen LogP contribution in [0.4, 0.5) is 0 Å². The van der Waals surface area contributed by atoms with Crippen molar-refractivity contribution in [3.8, 4) is 0 Å². The van der Waals surface area contributed by atoms with Crippen molar-refractivity contribution in [2.45, 2.75) is 25.7 Å². The summed E-state index contributed by atoms with van der Waals surface area (Å²) in [6.45, 7) is 2.06. The number of carboxylic acid groups (broad SMARTS) is 2. The van der Waals surface area contributed by atoms with Crippen molar-refractivity contribution in [2.75, 3.05) is 13.1 Å². The van der Waals surface area contributed by atoms with Crippen molar-refractivity contribution < 1.29 is 19.8 Å². The van der Waals surface area contributed by atoms with Crippen LogP contribution in [0.1, 0.15) is 35.1 Å². The van der Waals surface area contributed by atoms with E-state index in [2.05, 4.69) is 28.5 Å². The molecule has 28 heavy (non-hydrogen) atoms. The largest absolute Gasteiger partial charge is 0.481 e. The number of hydrogen-bond donors (Lipinski definition) is 3. The van der Waals surface area contributed by atoms with E-state index in [4.69, 9.17) is 21.8 Å². The zero-order chi connectivity index (χ0) is 20.4. The number of aromatic nitrogens is 1. The van der Waals surface area contributed by atoms with Crippen LogP contribution in [0.2, 0.25) is 5.02 Å². The molecular weight excluding hydrogens is 380 g/mol. The molecule has 0 unspecified atom stereocenters. The van der Waals surface area contributed by atoms with Crippen molar-refractivity contribution in [3.05, 3.63) is 63.9 Å². The van der Waals surface area contributed by atoms with Gasteiger partial charge in [-0.1, -0.05) is 35.9 Å². The van der Waals surface area contributed by atoms with Gasteiger partial charge in [-0.3, -0.25) is 14.6 Å². The summed E-state index contributed by atoms with van der Waals surface area (Å²) in [6, 6.07) is 8.15. The van der Waals surface area contributed by atoms with Crippen LogP contribution in [0.15, 0.2) is 36.7 Å². The Hall–Kier alpha value is -2.70. The van der Waals surface area contributed by atoms with E-state index < -0.39 is 11.9 Å². The number of benzene rings is 1. The molecule has 7 heteroatoms. The van der Waals surface area contributed by atoms with Crippen LogP contribution >= 0.6 is 11.6 Å². The van der Waals surface area contributed by atoms with Gasteiger partial charge in [0, 0.05) is 17.4 Å². The lowest BCUT2D eigenvalue weighted by atomic mass is 9.96. The van der Waals surface area contributed by atoms with Gasteiger partial charge in [0.05, 0.1) is 12.8 Å². The number of hydrogen-bond acceptors (Lipinski definition) is 4. The number of pyridine rings is 1. The summed E-state index contributed by atoms with van der Waals surface area (Å²) in [6.07, 6.45) is 9.34. The van der Waals surface area contributed by atoms with E-state index in [1.165, 1.54) is 11.1 Å². The molecule has 2 heterocycles. The van der Waals surface area contributed by atoms with E-state index in [9.17, 15) is 9.59 Å². The van der Waals surface area contributed by atoms with Crippen molar-refractivity contribution >= 4 is 35.7 Å². The topological polar surface area (TPSA) is 99.5 Å². The Labute approximate surface area is 168 Å². The minimum atomic E-state index is -1.08. The van der Waals surface area contributed by atoms with Crippen molar-refractivity contribution in [1.82, 2.24) is 10.3 Å². The van der Waals surface area contributed by atoms with E-state index in [1.54, 1.807) is 6.20 Å². The molecule has 0 radical (unpaired) electrons. The van der Waals surface area contributed by atoms with Gasteiger partial charge in [0.2, 0.25) is 0 Å². The standard InChI is InChI=1S/C17H17ClN2.C4H6O4/c18-17-6-4-14-7-10-19-11-8-15(14)16(17)5-3-13-2-1-9-20-12-13;5-3(6)1-2-4(7)8/h1-6,9,12,19H,7-8,10-11H2;1-2H2,(H,5,6)(H,7,8). The molecule has 2 aromatic rings. The molecule has 0 aliphatic carbocycles. The van der Waals surface area contributed by atoms with Gasteiger partial charge in [0.1, 0.15) is 0 Å². The summed E-state index contributed by atoms with van der Waals surface area (Å²) < 4.78 is 0. The molecule has 1 aromatic carbocycles. The van der Waals surface area contributed by atoms with Gasteiger partial charge in [0.15, 0.2) is 0 Å². The SMILES string of the molecule is Clc1ccc2c(c1C=Cc1cccnc1)CCNCC2.O=C(O)CCC(=O)O. The maximum atomic E-state index is 9.64. The molecule has 148 valence electrons. The second kappa shape index (κ2) is 11.2. The number of fused-ring (bicyclic) bond motifs is 1. The number of carboxylic acids is 2. The first kappa shape index (κ1) is 21.6. The minimum Gasteiger partial charge on any atom is -0.481 e. The monoisotopic (exact) mass is 402 g/mol. The van der Waals surface area contributed by atoms with Gasteiger partial charge >= 0.3 is 11.9 Å². The summed E-state index contributed by atoms with van der Waals surface area (Å²) in [4.78, 5) is 23.4. The third kappa shape index (κ3) is 7.13. The second-order valence-corrected chi connectivity index (χ2v) is 6.66. The van der Waals surface area contributed by atoms with Gasteiger partial charge in [-0.05, 0) is 60.3 Å². The third-order valence-electron chi connectivity index (χ3n) is 4.20. The number of halogens is 1. The lowest BCUT2D eigenvalue weighted by molar-refractivity contribution is -0.143. The number of aliphatic carboxylic acids is 2. The summed E-state index contributed by atoms with van der Waals surface area (Å²) in [5.74, 6) is -2.15. The Morgan fingerprint density at radius 3 is 2.43 bits per heavy atom. The number of rotatable bonds is 5. The lowest BCUT2D eigenvalue weighted by Crippen LogP contribution is -2.16. The zero-order valence-electron chi connectivity index (χ0n) is 15.4. The first-order valence-electron chi connectivity index (χ1n) is 9.00. The van der Waals surface area contributed by atoms with Gasteiger partial charge < -0.3 is 15.5 Å². The van der Waals surface area contributed by atoms with E-state index in [0.717, 1.165) is 42.1 Å². The molecule has 1 aromatic heterocycles. The molecular formula is C21H23ClN2O4. The average molecular weight is 403 g/mol. The summed E-state index contributed by atoms with van der Waals surface area (Å²) in [5, 5.41) is 20.1. The fraction of sp³-hybridized carbons (Fsp3) is 0.286. The van der Waals surface area contributed by atoms with E-state index in [1.807, 2.05) is 24.4 Å². The fourth-order valence-corrected chi connectivity index (χ4v) is 3.06. The first-order chi connectivity index (χ1) is 13.5. The number of carbonyl (C=O) groups is 2. The predicted octanol–water partition coefficient (Wildman–Crippen LogP) is 3.53. The van der Waals surface area contributed by atoms with Crippen LogP contribution < -0.4 is 5.32 Å². The maximum Gasteiger partial charge on any atom is 0.303 e. The van der Waals surface area contributed by atoms with E-state index in [-0.39, 0.29) is 12.8 Å². The number of nitrogens with one attached hydrogen (secondary N) is 1. The van der Waals surface area contributed by atoms with Crippen LogP contribution in [0.25, 0.3) is 12.2 Å². The molecule has 6 nitrogen and oxygen atoms in total. The van der Waals surface area contributed by atoms with Crippen LogP contribution in [-0.2, 0) is 22.4 Å². The molecule has 0 atom stereocenters. The van der Waals surface area contributed by atoms with Gasteiger partial charge in [-0.15, -0.1) is 0 Å². The summed E-state index contributed by atoms with van der Waals surface area (Å²) in [7, 11) is 0. The molecule has 3 rings (SSSR count). The minimum absolute atomic E-state index is 0.296. The summed E-state index contributed by atoms with van der Waals surface area (Å²) in [5.41, 5.74) is 5.03. The number of nitrogens with zero attached hydrogens (tertiary/aromatic N) is 1. The second-order valence-electron chi connectivity index (χ2n) is 6.26. The van der Waals surface area contributed by atoms with Crippen molar-refractivity contribution in [2.24, 2.45) is 0 Å². The molecule has 0 fully saturated rings. The Balaban J connectivity index is 0.000000300. The Bertz CT molecular complexity index is 824. The van der Waals surface area contributed by atoms with Crippen molar-refractivity contribution in [1.29, 1.82) is 0 Å². The molecule has 3 N–H and O–H groups in total. The quantitative estimate of drug-likeness (QED) is 0.707. The highest BCUT2D eigenvalue weighted by molar-refractivity contribution is 6.32. The Morgan fingerprint density at radius 1 is 1.07 bits per heavy atom. The highest BCUT2D eigenvalue weighted by Crippen LogP contribution is 2.27. The van der Waals surface area contributed by atoms with Crippen LogP contribution in [0, 0.1) is 0 Å². The average Bonchev–Trinajstić information content (AvgIpc) is 2.92. The van der Waals surface area contributed by atoms with Crippen LogP contribution in [0.5, 0.6) is 0 Å². The molecule has 1 aliphatic rings. The first-order valence-corrected chi connectivity index (χ1v) is 9.38. The fourth-order valence-electron chi connectivity index (χ4n) is 2.82. The molecule has 1 aliphatic heterocycles. The maximum absolute atomic E-state index is 9.64. The molecule has 0 saturated carbocycles. The summed E-state index contributed by atoms with van der Waals surface area (Å²) >= 11 is 6.39. The predicted molar refractivity (Wildman–Crippen MR) is 109 cm³/mol. The third-order valence-corrected chi connectivity index (χ3v) is 4.53. The molecule has 0 amide bonds. The van der Waals surface area contributed by atoms with Crippen molar-refractivity contribution in [3.63, 3.8) is 0 Å². The van der Waals surface area contributed by atoms with Gasteiger partial charge in [0.25, 0.3) is 0 Å². The molecule has 0 bridgehead atoms. The van der Waals surface area contributed by atoms with Gasteiger partial charge in [-0.2, -0.15) is 0 Å².